The highest BCUT2D eigenvalue weighted by Gasteiger charge is 2.28. The highest BCUT2D eigenvalue weighted by Crippen LogP contribution is 2.18. The molecule has 2 aromatic carbocycles. The Labute approximate surface area is 175 Å². The van der Waals surface area contributed by atoms with Gasteiger partial charge in [-0.1, -0.05) is 36.4 Å². The first kappa shape index (κ1) is 20.3. The zero-order valence-corrected chi connectivity index (χ0v) is 17.0. The summed E-state index contributed by atoms with van der Waals surface area (Å²) in [7, 11) is 1.64. The Morgan fingerprint density at radius 1 is 1.20 bits per heavy atom. The number of nitrogens with zero attached hydrogens (tertiary/aromatic N) is 3. The number of benzene rings is 2. The quantitative estimate of drug-likeness (QED) is 0.657. The van der Waals surface area contributed by atoms with Crippen molar-refractivity contribution in [2.24, 2.45) is 0 Å². The zero-order valence-electron chi connectivity index (χ0n) is 17.0. The van der Waals surface area contributed by atoms with Crippen molar-refractivity contribution in [2.75, 3.05) is 39.9 Å². The third-order valence-corrected chi connectivity index (χ3v) is 5.42. The minimum Gasteiger partial charge on any atom is -0.383 e. The van der Waals surface area contributed by atoms with Crippen LogP contribution in [-0.4, -0.2) is 77.1 Å². The van der Waals surface area contributed by atoms with Gasteiger partial charge in [0.25, 0.3) is 5.91 Å². The van der Waals surface area contributed by atoms with E-state index in [1.54, 1.807) is 12.0 Å². The predicted octanol–water partition coefficient (Wildman–Crippen LogP) is 2.46. The van der Waals surface area contributed by atoms with Gasteiger partial charge in [0, 0.05) is 37.7 Å². The van der Waals surface area contributed by atoms with E-state index >= 15 is 0 Å². The van der Waals surface area contributed by atoms with Crippen molar-refractivity contribution >= 4 is 29.0 Å². The lowest BCUT2D eigenvalue weighted by atomic mass is 10.1. The molecule has 1 amide bonds. The van der Waals surface area contributed by atoms with Gasteiger partial charge in [0.15, 0.2) is 0 Å². The molecule has 1 fully saturated rings. The molecule has 7 nitrogen and oxygen atoms in total. The molecule has 0 radical (unpaired) electrons. The van der Waals surface area contributed by atoms with Gasteiger partial charge in [-0.25, -0.2) is 0 Å². The van der Waals surface area contributed by atoms with Crippen LogP contribution >= 0.6 is 0 Å². The van der Waals surface area contributed by atoms with E-state index in [2.05, 4.69) is 10.2 Å². The molecular formula is C23H26N4O3. The summed E-state index contributed by atoms with van der Waals surface area (Å²) in [5, 5.41) is 18.7. The minimum atomic E-state index is -0.663. The number of methoxy groups -OCH3 is 1. The number of aromatic amines is 1. The normalized spacial score (nSPS) is 17.8. The standard InChI is InChI=1S/C23H26N4O3/c1-30-15-14-26-12-13-27(16-22(26)28)23(29)18-9-6-17(7-10-18)8-11-21-19-4-2-3-5-20(19)24-25-21/h2-11,22,28H,12-16H2,1H3,(H,24,25). The second kappa shape index (κ2) is 9.21. The number of aromatic nitrogens is 2. The Hall–Kier alpha value is -3.00. The number of fused-ring (bicyclic) bond motifs is 1. The van der Waals surface area contributed by atoms with Gasteiger partial charge in [-0.05, 0) is 29.8 Å². The molecule has 1 aliphatic rings. The smallest absolute Gasteiger partial charge is 0.254 e. The monoisotopic (exact) mass is 406 g/mol. The summed E-state index contributed by atoms with van der Waals surface area (Å²) in [6.45, 7) is 2.75. The number of carbonyl (C=O) groups excluding carboxylic acids is 1. The van der Waals surface area contributed by atoms with Crippen LogP contribution < -0.4 is 0 Å². The first-order valence-corrected chi connectivity index (χ1v) is 10.1. The summed E-state index contributed by atoms with van der Waals surface area (Å²) >= 11 is 0. The molecule has 156 valence electrons. The number of carbonyl (C=O) groups is 1. The van der Waals surface area contributed by atoms with E-state index in [-0.39, 0.29) is 5.91 Å². The fourth-order valence-corrected chi connectivity index (χ4v) is 3.66. The Balaban J connectivity index is 1.39. The maximum absolute atomic E-state index is 12.8. The zero-order chi connectivity index (χ0) is 20.9. The summed E-state index contributed by atoms with van der Waals surface area (Å²) in [6.07, 6.45) is 3.28. The largest absolute Gasteiger partial charge is 0.383 e. The third-order valence-electron chi connectivity index (χ3n) is 5.42. The minimum absolute atomic E-state index is 0.0609. The van der Waals surface area contributed by atoms with Gasteiger partial charge < -0.3 is 14.7 Å². The first-order valence-electron chi connectivity index (χ1n) is 10.1. The fourth-order valence-electron chi connectivity index (χ4n) is 3.66. The van der Waals surface area contributed by atoms with Crippen LogP contribution in [0.5, 0.6) is 0 Å². The SMILES string of the molecule is COCCN1CCN(C(=O)c2ccc(C=Cc3n[nH]c4ccccc34)cc2)CC1O. The van der Waals surface area contributed by atoms with Crippen molar-refractivity contribution in [1.29, 1.82) is 0 Å². The van der Waals surface area contributed by atoms with Crippen LogP contribution in [0.4, 0.5) is 0 Å². The van der Waals surface area contributed by atoms with Crippen LogP contribution in [0.15, 0.2) is 48.5 Å². The summed E-state index contributed by atoms with van der Waals surface area (Å²) in [4.78, 5) is 16.4. The lowest BCUT2D eigenvalue weighted by Gasteiger charge is -2.38. The predicted molar refractivity (Wildman–Crippen MR) is 117 cm³/mol. The molecule has 2 N–H and O–H groups in total. The number of β-amino-alcohol motifs (C(OH)–C–C–N with tert-alkyl or cyclic N) is 1. The number of piperazine rings is 1. The number of ether oxygens (including phenoxy) is 1. The Morgan fingerprint density at radius 3 is 2.77 bits per heavy atom. The molecule has 30 heavy (non-hydrogen) atoms. The molecule has 0 bridgehead atoms. The van der Waals surface area contributed by atoms with E-state index in [0.717, 1.165) is 22.2 Å². The molecule has 0 spiro atoms. The number of nitrogens with one attached hydrogen (secondary N) is 1. The van der Waals surface area contributed by atoms with E-state index in [9.17, 15) is 9.90 Å². The fraction of sp³-hybridized carbons (Fsp3) is 0.304. The van der Waals surface area contributed by atoms with E-state index in [0.29, 0.717) is 38.3 Å². The van der Waals surface area contributed by atoms with Crippen LogP contribution in [0.25, 0.3) is 23.1 Å². The van der Waals surface area contributed by atoms with Gasteiger partial charge in [-0.15, -0.1) is 0 Å². The molecule has 0 aliphatic carbocycles. The average Bonchev–Trinajstić information content (AvgIpc) is 3.20. The molecule has 4 rings (SSSR count). The molecule has 0 saturated carbocycles. The second-order valence-electron chi connectivity index (χ2n) is 7.37. The van der Waals surface area contributed by atoms with E-state index in [1.165, 1.54) is 0 Å². The Bertz CT molecular complexity index is 1030. The topological polar surface area (TPSA) is 81.7 Å². The van der Waals surface area contributed by atoms with Crippen molar-refractivity contribution < 1.29 is 14.6 Å². The van der Waals surface area contributed by atoms with Crippen LogP contribution in [0, 0.1) is 0 Å². The van der Waals surface area contributed by atoms with Crippen molar-refractivity contribution in [3.8, 4) is 0 Å². The number of H-pyrrole nitrogens is 1. The molecular weight excluding hydrogens is 380 g/mol. The summed E-state index contributed by atoms with van der Waals surface area (Å²) in [5.74, 6) is -0.0609. The molecule has 2 heterocycles. The number of aliphatic hydroxyl groups is 1. The van der Waals surface area contributed by atoms with Crippen molar-refractivity contribution in [3.63, 3.8) is 0 Å². The van der Waals surface area contributed by atoms with Gasteiger partial charge in [-0.2, -0.15) is 5.10 Å². The van der Waals surface area contributed by atoms with Crippen LogP contribution in [-0.2, 0) is 4.74 Å². The van der Waals surface area contributed by atoms with Gasteiger partial charge >= 0.3 is 0 Å². The van der Waals surface area contributed by atoms with Crippen LogP contribution in [0.2, 0.25) is 0 Å². The number of para-hydroxylation sites is 1. The average molecular weight is 406 g/mol. The van der Waals surface area contributed by atoms with Crippen molar-refractivity contribution in [2.45, 2.75) is 6.23 Å². The Morgan fingerprint density at radius 2 is 2.00 bits per heavy atom. The second-order valence-corrected chi connectivity index (χ2v) is 7.37. The maximum atomic E-state index is 12.8. The number of rotatable bonds is 6. The summed E-state index contributed by atoms with van der Waals surface area (Å²) in [5.41, 5.74) is 3.49. The van der Waals surface area contributed by atoms with Gasteiger partial charge in [-0.3, -0.25) is 14.8 Å². The van der Waals surface area contributed by atoms with Crippen LogP contribution in [0.1, 0.15) is 21.6 Å². The molecule has 1 unspecified atom stereocenters. The molecule has 1 aromatic heterocycles. The van der Waals surface area contributed by atoms with E-state index < -0.39 is 6.23 Å². The number of amides is 1. The maximum Gasteiger partial charge on any atom is 0.254 e. The molecule has 7 heteroatoms. The van der Waals surface area contributed by atoms with Crippen LogP contribution in [0.3, 0.4) is 0 Å². The number of hydrogen-bond donors (Lipinski definition) is 2. The lowest BCUT2D eigenvalue weighted by molar-refractivity contribution is -0.0557. The first-order chi connectivity index (χ1) is 14.7. The highest BCUT2D eigenvalue weighted by molar-refractivity contribution is 5.95. The molecule has 3 aromatic rings. The number of aliphatic hydroxyl groups excluding tert-OH is 1. The summed E-state index contributed by atoms with van der Waals surface area (Å²) in [6, 6.07) is 15.5. The van der Waals surface area contributed by atoms with Crippen molar-refractivity contribution in [3.05, 3.63) is 65.4 Å². The van der Waals surface area contributed by atoms with Crippen molar-refractivity contribution in [1.82, 2.24) is 20.0 Å². The van der Waals surface area contributed by atoms with Gasteiger partial charge in [0.1, 0.15) is 6.23 Å². The lowest BCUT2D eigenvalue weighted by Crippen LogP contribution is -2.55. The molecule has 1 atom stereocenters. The molecule has 1 saturated heterocycles. The van der Waals surface area contributed by atoms with E-state index in [1.807, 2.05) is 65.6 Å². The molecule has 1 aliphatic heterocycles. The van der Waals surface area contributed by atoms with Gasteiger partial charge in [0.2, 0.25) is 0 Å². The third kappa shape index (κ3) is 4.43. The van der Waals surface area contributed by atoms with E-state index in [4.69, 9.17) is 4.74 Å². The Kier molecular flexibility index (Phi) is 6.23. The van der Waals surface area contributed by atoms with Gasteiger partial charge in [0.05, 0.1) is 24.4 Å². The summed E-state index contributed by atoms with van der Waals surface area (Å²) < 4.78 is 5.07. The highest BCUT2D eigenvalue weighted by atomic mass is 16.5. The number of hydrogen-bond acceptors (Lipinski definition) is 5.